The van der Waals surface area contributed by atoms with E-state index in [4.69, 9.17) is 11.6 Å². The van der Waals surface area contributed by atoms with Gasteiger partial charge in [-0.1, -0.05) is 35.9 Å². The van der Waals surface area contributed by atoms with E-state index in [2.05, 4.69) is 61.3 Å². The summed E-state index contributed by atoms with van der Waals surface area (Å²) in [5, 5.41) is 10.2. The van der Waals surface area contributed by atoms with Crippen molar-refractivity contribution in [2.75, 3.05) is 12.4 Å². The maximum atomic E-state index is 6.06. The van der Waals surface area contributed by atoms with Crippen LogP contribution >= 0.6 is 22.9 Å². The second-order valence-electron chi connectivity index (χ2n) is 6.49. The molecular weight excluding hydrogens is 390 g/mol. The summed E-state index contributed by atoms with van der Waals surface area (Å²) in [5.74, 6) is 1.48. The zero-order valence-corrected chi connectivity index (χ0v) is 17.2. The molecule has 0 atom stereocenters. The Morgan fingerprint density at radius 2 is 1.96 bits per heavy atom. The molecule has 0 aliphatic carbocycles. The number of nitrogens with zero attached hydrogens (tertiary/aromatic N) is 3. The number of aromatic nitrogens is 3. The molecule has 0 bridgehead atoms. The van der Waals surface area contributed by atoms with E-state index in [9.17, 15) is 0 Å². The number of fused-ring (bicyclic) bond motifs is 1. The number of pyridine rings is 1. The van der Waals surface area contributed by atoms with Crippen LogP contribution in [0.1, 0.15) is 16.3 Å². The molecule has 2 N–H and O–H groups in total. The lowest BCUT2D eigenvalue weighted by Crippen LogP contribution is -2.06. The van der Waals surface area contributed by atoms with Gasteiger partial charge in [-0.25, -0.2) is 15.0 Å². The monoisotopic (exact) mass is 409 g/mol. The summed E-state index contributed by atoms with van der Waals surface area (Å²) in [5.41, 5.74) is 4.58. The van der Waals surface area contributed by atoms with E-state index in [0.717, 1.165) is 23.3 Å². The predicted octanol–water partition coefficient (Wildman–Crippen LogP) is 5.05. The number of rotatable bonds is 6. The summed E-state index contributed by atoms with van der Waals surface area (Å²) >= 11 is 7.80. The fraction of sp³-hybridized carbons (Fsp3) is 0.190. The van der Waals surface area contributed by atoms with Crippen molar-refractivity contribution >= 4 is 39.7 Å². The summed E-state index contributed by atoms with van der Waals surface area (Å²) < 4.78 is 0. The number of aryl methyl sites for hydroxylation is 1. The van der Waals surface area contributed by atoms with E-state index in [1.807, 2.05) is 14.0 Å². The highest BCUT2D eigenvalue weighted by molar-refractivity contribution is 7.10. The number of anilines is 1. The van der Waals surface area contributed by atoms with Crippen molar-refractivity contribution in [3.8, 4) is 11.1 Å². The molecule has 0 radical (unpaired) electrons. The first-order valence-electron chi connectivity index (χ1n) is 8.98. The average molecular weight is 410 g/mol. The van der Waals surface area contributed by atoms with Crippen LogP contribution in [0, 0.1) is 6.92 Å². The lowest BCUT2D eigenvalue weighted by Gasteiger charge is -2.09. The fourth-order valence-corrected chi connectivity index (χ4v) is 4.17. The zero-order chi connectivity index (χ0) is 19.5. The molecule has 0 amide bonds. The van der Waals surface area contributed by atoms with Gasteiger partial charge >= 0.3 is 0 Å². The minimum absolute atomic E-state index is 0.433. The molecule has 4 rings (SSSR count). The van der Waals surface area contributed by atoms with Crippen molar-refractivity contribution < 1.29 is 0 Å². The van der Waals surface area contributed by atoms with Crippen LogP contribution in [0.3, 0.4) is 0 Å². The maximum absolute atomic E-state index is 6.06. The standard InChI is InChI=1S/C21H20ClN5S/c1-13-26-19-11-24-20(22)8-18(19)21(27-13)25-10-16-7-15(12-28-16)17-6-4-3-5-14(17)9-23-2/h3-8,11-12,23H,9-10H2,1-2H3,(H,25,26,27). The molecule has 3 heterocycles. The van der Waals surface area contributed by atoms with Crippen molar-refractivity contribution in [1.82, 2.24) is 20.3 Å². The van der Waals surface area contributed by atoms with Crippen molar-refractivity contribution in [1.29, 1.82) is 0 Å². The SMILES string of the molecule is CNCc1ccccc1-c1csc(CNc2nc(C)nc3cnc(Cl)cc23)c1. The van der Waals surface area contributed by atoms with Crippen LogP contribution in [-0.4, -0.2) is 22.0 Å². The number of thiophene rings is 1. The Morgan fingerprint density at radius 3 is 2.82 bits per heavy atom. The largest absolute Gasteiger partial charge is 0.365 e. The van der Waals surface area contributed by atoms with Gasteiger partial charge in [0.05, 0.1) is 18.3 Å². The Bertz CT molecular complexity index is 1120. The molecule has 0 spiro atoms. The fourth-order valence-electron chi connectivity index (χ4n) is 3.19. The average Bonchev–Trinajstić information content (AvgIpc) is 3.16. The molecule has 3 aromatic heterocycles. The lowest BCUT2D eigenvalue weighted by molar-refractivity contribution is 0.819. The normalized spacial score (nSPS) is 11.1. The summed E-state index contributed by atoms with van der Waals surface area (Å²) in [7, 11) is 1.97. The Hall–Kier alpha value is -2.54. The first kappa shape index (κ1) is 18.8. The van der Waals surface area contributed by atoms with E-state index in [1.54, 1.807) is 23.6 Å². The Kier molecular flexibility index (Phi) is 5.52. The van der Waals surface area contributed by atoms with Gasteiger partial charge in [-0.05, 0) is 48.2 Å². The van der Waals surface area contributed by atoms with Crippen LogP contribution in [-0.2, 0) is 13.1 Å². The van der Waals surface area contributed by atoms with E-state index < -0.39 is 0 Å². The molecule has 142 valence electrons. The third-order valence-corrected chi connectivity index (χ3v) is 5.58. The number of nitrogens with one attached hydrogen (secondary N) is 2. The van der Waals surface area contributed by atoms with Gasteiger partial charge in [0.15, 0.2) is 0 Å². The smallest absolute Gasteiger partial charge is 0.138 e. The highest BCUT2D eigenvalue weighted by Crippen LogP contribution is 2.29. The lowest BCUT2D eigenvalue weighted by atomic mass is 10.0. The van der Waals surface area contributed by atoms with Gasteiger partial charge in [-0.15, -0.1) is 11.3 Å². The van der Waals surface area contributed by atoms with Gasteiger partial charge in [0.1, 0.15) is 16.8 Å². The quantitative estimate of drug-likeness (QED) is 0.436. The van der Waals surface area contributed by atoms with E-state index in [-0.39, 0.29) is 0 Å². The first-order chi connectivity index (χ1) is 13.6. The summed E-state index contributed by atoms with van der Waals surface area (Å²) in [6, 6.07) is 12.5. The van der Waals surface area contributed by atoms with Gasteiger partial charge in [-0.2, -0.15) is 0 Å². The third-order valence-electron chi connectivity index (χ3n) is 4.44. The van der Waals surface area contributed by atoms with E-state index in [1.165, 1.54) is 21.6 Å². The Balaban J connectivity index is 1.58. The highest BCUT2D eigenvalue weighted by Gasteiger charge is 2.10. The molecule has 0 unspecified atom stereocenters. The Morgan fingerprint density at radius 1 is 1.11 bits per heavy atom. The molecule has 0 aliphatic heterocycles. The molecule has 0 saturated heterocycles. The molecule has 0 saturated carbocycles. The van der Waals surface area contributed by atoms with E-state index in [0.29, 0.717) is 17.5 Å². The molecule has 1 aromatic carbocycles. The second-order valence-corrected chi connectivity index (χ2v) is 7.87. The number of hydrogen-bond acceptors (Lipinski definition) is 6. The molecule has 7 heteroatoms. The number of hydrogen-bond donors (Lipinski definition) is 2. The van der Waals surface area contributed by atoms with Crippen LogP contribution in [0.5, 0.6) is 0 Å². The maximum Gasteiger partial charge on any atom is 0.138 e. The summed E-state index contributed by atoms with van der Waals surface area (Å²) in [6.07, 6.45) is 1.68. The number of halogens is 1. The number of benzene rings is 1. The van der Waals surface area contributed by atoms with Crippen molar-refractivity contribution in [3.63, 3.8) is 0 Å². The van der Waals surface area contributed by atoms with Gasteiger partial charge in [0.25, 0.3) is 0 Å². The van der Waals surface area contributed by atoms with Crippen molar-refractivity contribution in [2.24, 2.45) is 0 Å². The Labute approximate surface area is 172 Å². The van der Waals surface area contributed by atoms with Crippen LogP contribution < -0.4 is 10.6 Å². The summed E-state index contributed by atoms with van der Waals surface area (Å²) in [4.78, 5) is 14.3. The van der Waals surface area contributed by atoms with E-state index >= 15 is 0 Å². The van der Waals surface area contributed by atoms with Gasteiger partial charge in [-0.3, -0.25) is 0 Å². The van der Waals surface area contributed by atoms with Gasteiger partial charge < -0.3 is 10.6 Å². The molecule has 0 fully saturated rings. The third kappa shape index (κ3) is 3.99. The van der Waals surface area contributed by atoms with Crippen LogP contribution in [0.4, 0.5) is 5.82 Å². The van der Waals surface area contributed by atoms with Crippen LogP contribution in [0.25, 0.3) is 22.0 Å². The predicted molar refractivity (Wildman–Crippen MR) is 117 cm³/mol. The molecule has 5 nitrogen and oxygen atoms in total. The topological polar surface area (TPSA) is 62.7 Å². The van der Waals surface area contributed by atoms with Crippen LogP contribution in [0.2, 0.25) is 5.15 Å². The van der Waals surface area contributed by atoms with Gasteiger partial charge in [0, 0.05) is 16.8 Å². The van der Waals surface area contributed by atoms with Crippen molar-refractivity contribution in [2.45, 2.75) is 20.0 Å². The molecule has 4 aromatic rings. The van der Waals surface area contributed by atoms with Crippen LogP contribution in [0.15, 0.2) is 48.0 Å². The van der Waals surface area contributed by atoms with Gasteiger partial charge in [0.2, 0.25) is 0 Å². The van der Waals surface area contributed by atoms with Crippen molar-refractivity contribution in [3.05, 3.63) is 69.4 Å². The summed E-state index contributed by atoms with van der Waals surface area (Å²) in [6.45, 7) is 3.41. The molecule has 0 aliphatic rings. The minimum Gasteiger partial charge on any atom is -0.365 e. The molecule has 28 heavy (non-hydrogen) atoms. The second kappa shape index (κ2) is 8.22. The zero-order valence-electron chi connectivity index (χ0n) is 15.7. The molecular formula is C21H20ClN5S. The first-order valence-corrected chi connectivity index (χ1v) is 10.2. The highest BCUT2D eigenvalue weighted by atomic mass is 35.5. The minimum atomic E-state index is 0.433.